The summed E-state index contributed by atoms with van der Waals surface area (Å²) in [6, 6.07) is 3.63. The van der Waals surface area contributed by atoms with Crippen molar-refractivity contribution in [2.75, 3.05) is 0 Å². The second kappa shape index (κ2) is 4.03. The summed E-state index contributed by atoms with van der Waals surface area (Å²) in [5.74, 6) is 0.451. The van der Waals surface area contributed by atoms with Gasteiger partial charge in [0.05, 0.1) is 6.61 Å². The van der Waals surface area contributed by atoms with E-state index in [1.807, 2.05) is 6.07 Å². The molecule has 0 heterocycles. The molecule has 3 heteroatoms. The molecule has 0 saturated heterocycles. The molecule has 0 radical (unpaired) electrons. The van der Waals surface area contributed by atoms with E-state index in [2.05, 4.69) is 26.5 Å². The summed E-state index contributed by atoms with van der Waals surface area (Å²) < 4.78 is 0. The van der Waals surface area contributed by atoms with Crippen molar-refractivity contribution in [2.45, 2.75) is 31.3 Å². The Labute approximate surface area is 83.6 Å². The van der Waals surface area contributed by atoms with Gasteiger partial charge in [-0.05, 0) is 23.6 Å². The van der Waals surface area contributed by atoms with Crippen LogP contribution in [0.25, 0.3) is 0 Å². The highest BCUT2D eigenvalue weighted by Gasteiger charge is 2.08. The smallest absolute Gasteiger partial charge is 0.134 e. The second-order valence-electron chi connectivity index (χ2n) is 3.36. The van der Waals surface area contributed by atoms with Crippen molar-refractivity contribution in [3.05, 3.63) is 23.3 Å². The Bertz CT molecular complexity index is 308. The van der Waals surface area contributed by atoms with Crippen LogP contribution in [0, 0.1) is 0 Å². The van der Waals surface area contributed by atoms with Crippen molar-refractivity contribution in [3.8, 4) is 5.75 Å². The summed E-state index contributed by atoms with van der Waals surface area (Å²) in [7, 11) is 0. The van der Waals surface area contributed by atoms with Gasteiger partial charge in [-0.2, -0.15) is 0 Å². The van der Waals surface area contributed by atoms with Gasteiger partial charge in [0.2, 0.25) is 0 Å². The van der Waals surface area contributed by atoms with Crippen molar-refractivity contribution in [1.82, 2.24) is 0 Å². The Morgan fingerprint density at radius 1 is 1.38 bits per heavy atom. The lowest BCUT2D eigenvalue weighted by molar-refractivity contribution is 0.274. The van der Waals surface area contributed by atoms with E-state index in [-0.39, 0.29) is 12.4 Å². The highest BCUT2D eigenvalue weighted by Crippen LogP contribution is 2.30. The number of benzene rings is 1. The molecule has 13 heavy (non-hydrogen) atoms. The van der Waals surface area contributed by atoms with E-state index >= 15 is 0 Å². The van der Waals surface area contributed by atoms with Crippen molar-refractivity contribution < 1.29 is 10.2 Å². The lowest BCUT2D eigenvalue weighted by atomic mass is 10.0. The van der Waals surface area contributed by atoms with E-state index in [0.29, 0.717) is 16.4 Å². The predicted molar refractivity (Wildman–Crippen MR) is 55.4 cm³/mol. The van der Waals surface area contributed by atoms with Crippen LogP contribution in [0.4, 0.5) is 0 Å². The summed E-state index contributed by atoms with van der Waals surface area (Å²) in [6.45, 7) is 3.96. The Hall–Kier alpha value is -0.670. The first-order chi connectivity index (χ1) is 6.06. The average Bonchev–Trinajstić information content (AvgIpc) is 2.09. The Balaban J connectivity index is 3.22. The normalized spacial score (nSPS) is 10.8. The van der Waals surface area contributed by atoms with Gasteiger partial charge in [0.1, 0.15) is 5.75 Å². The maximum absolute atomic E-state index is 9.47. The zero-order valence-electron chi connectivity index (χ0n) is 7.78. The quantitative estimate of drug-likeness (QED) is 0.638. The van der Waals surface area contributed by atoms with Crippen LogP contribution in [0.5, 0.6) is 5.75 Å². The highest BCUT2D eigenvalue weighted by atomic mass is 32.1. The zero-order valence-corrected chi connectivity index (χ0v) is 8.68. The molecule has 0 amide bonds. The summed E-state index contributed by atoms with van der Waals surface area (Å²) >= 11 is 4.12. The van der Waals surface area contributed by atoms with Gasteiger partial charge in [0.15, 0.2) is 0 Å². The van der Waals surface area contributed by atoms with E-state index in [1.165, 1.54) is 0 Å². The van der Waals surface area contributed by atoms with E-state index in [9.17, 15) is 5.11 Å². The number of aromatic hydroxyl groups is 1. The first-order valence-electron chi connectivity index (χ1n) is 4.22. The molecule has 1 aromatic carbocycles. The molecule has 0 fully saturated rings. The van der Waals surface area contributed by atoms with Crippen molar-refractivity contribution in [2.24, 2.45) is 0 Å². The fourth-order valence-electron chi connectivity index (χ4n) is 1.16. The number of rotatable bonds is 2. The van der Waals surface area contributed by atoms with Gasteiger partial charge in [-0.3, -0.25) is 0 Å². The number of aliphatic hydroxyl groups excluding tert-OH is 1. The Kier molecular flexibility index (Phi) is 3.22. The average molecular weight is 198 g/mol. The fourth-order valence-corrected chi connectivity index (χ4v) is 1.45. The molecule has 0 bridgehead atoms. The molecule has 72 valence electrons. The van der Waals surface area contributed by atoms with Crippen LogP contribution in [0.15, 0.2) is 17.0 Å². The minimum absolute atomic E-state index is 0.0789. The molecular formula is C10H14O2S. The number of thiol groups is 1. The van der Waals surface area contributed by atoms with Crippen LogP contribution in [0.3, 0.4) is 0 Å². The van der Waals surface area contributed by atoms with Crippen LogP contribution >= 0.6 is 12.6 Å². The van der Waals surface area contributed by atoms with Gasteiger partial charge in [-0.15, -0.1) is 12.6 Å². The van der Waals surface area contributed by atoms with Crippen molar-refractivity contribution in [3.63, 3.8) is 0 Å². The first-order valence-corrected chi connectivity index (χ1v) is 4.66. The molecule has 0 spiro atoms. The van der Waals surface area contributed by atoms with Gasteiger partial charge in [-0.25, -0.2) is 0 Å². The number of hydrogen-bond acceptors (Lipinski definition) is 3. The van der Waals surface area contributed by atoms with Gasteiger partial charge < -0.3 is 10.2 Å². The molecule has 2 nitrogen and oxygen atoms in total. The Morgan fingerprint density at radius 3 is 2.46 bits per heavy atom. The van der Waals surface area contributed by atoms with E-state index < -0.39 is 0 Å². The van der Waals surface area contributed by atoms with Gasteiger partial charge in [0.25, 0.3) is 0 Å². The molecular weight excluding hydrogens is 184 g/mol. The van der Waals surface area contributed by atoms with E-state index in [0.717, 1.165) is 5.56 Å². The number of aliphatic hydroxyl groups is 1. The van der Waals surface area contributed by atoms with Crippen LogP contribution in [0.2, 0.25) is 0 Å². The molecule has 0 atom stereocenters. The molecule has 0 saturated carbocycles. The van der Waals surface area contributed by atoms with Crippen LogP contribution in [0.1, 0.15) is 30.9 Å². The SMILES string of the molecule is CC(C)c1cc(S)c(O)c(CO)c1. The van der Waals surface area contributed by atoms with Crippen molar-refractivity contribution >= 4 is 12.6 Å². The molecule has 0 aliphatic rings. The topological polar surface area (TPSA) is 40.5 Å². The largest absolute Gasteiger partial charge is 0.506 e. The minimum atomic E-state index is -0.153. The molecule has 1 rings (SSSR count). The Morgan fingerprint density at radius 2 is 2.00 bits per heavy atom. The molecule has 0 aliphatic carbocycles. The van der Waals surface area contributed by atoms with E-state index in [1.54, 1.807) is 6.07 Å². The van der Waals surface area contributed by atoms with Crippen LogP contribution in [-0.4, -0.2) is 10.2 Å². The van der Waals surface area contributed by atoms with Crippen LogP contribution in [-0.2, 0) is 6.61 Å². The van der Waals surface area contributed by atoms with E-state index in [4.69, 9.17) is 5.11 Å². The lowest BCUT2D eigenvalue weighted by Gasteiger charge is -2.10. The standard InChI is InChI=1S/C10H14O2S/c1-6(2)7-3-8(5-11)10(12)9(13)4-7/h3-4,6,11-13H,5H2,1-2H3. The first kappa shape index (κ1) is 10.4. The van der Waals surface area contributed by atoms with Gasteiger partial charge in [0, 0.05) is 10.5 Å². The summed E-state index contributed by atoms with van der Waals surface area (Å²) in [5.41, 5.74) is 1.61. The van der Waals surface area contributed by atoms with Crippen LogP contribution < -0.4 is 0 Å². The van der Waals surface area contributed by atoms with Crippen molar-refractivity contribution in [1.29, 1.82) is 0 Å². The third-order valence-electron chi connectivity index (χ3n) is 2.03. The molecule has 0 unspecified atom stereocenters. The maximum atomic E-state index is 9.47. The summed E-state index contributed by atoms with van der Waals surface area (Å²) in [6.07, 6.45) is 0. The zero-order chi connectivity index (χ0) is 10.0. The molecule has 0 aromatic heterocycles. The summed E-state index contributed by atoms with van der Waals surface area (Å²) in [4.78, 5) is 0.523. The molecule has 0 aliphatic heterocycles. The lowest BCUT2D eigenvalue weighted by Crippen LogP contribution is -1.92. The third-order valence-corrected chi connectivity index (χ3v) is 2.37. The fraction of sp³-hybridized carbons (Fsp3) is 0.400. The number of phenols is 1. The minimum Gasteiger partial charge on any atom is -0.506 e. The summed E-state index contributed by atoms with van der Waals surface area (Å²) in [5, 5.41) is 18.4. The van der Waals surface area contributed by atoms with Gasteiger partial charge >= 0.3 is 0 Å². The maximum Gasteiger partial charge on any atom is 0.134 e. The molecule has 1 aromatic rings. The molecule has 2 N–H and O–H groups in total. The predicted octanol–water partition coefficient (Wildman–Crippen LogP) is 2.30. The third kappa shape index (κ3) is 2.17. The van der Waals surface area contributed by atoms with Gasteiger partial charge in [-0.1, -0.05) is 13.8 Å². The monoisotopic (exact) mass is 198 g/mol. The highest BCUT2D eigenvalue weighted by molar-refractivity contribution is 7.80. The second-order valence-corrected chi connectivity index (χ2v) is 3.84. The number of hydrogen-bond donors (Lipinski definition) is 3.